The Bertz CT molecular complexity index is 463. The second-order valence-electron chi connectivity index (χ2n) is 5.27. The molecule has 2 N–H and O–H groups in total. The van der Waals surface area contributed by atoms with E-state index in [4.69, 9.17) is 0 Å². The Morgan fingerprint density at radius 1 is 1.42 bits per heavy atom. The lowest BCUT2D eigenvalue weighted by Crippen LogP contribution is -2.44. The van der Waals surface area contributed by atoms with E-state index in [9.17, 15) is 10.4 Å². The van der Waals surface area contributed by atoms with Gasteiger partial charge in [0.15, 0.2) is 0 Å². The number of nitrogens with zero attached hydrogens (tertiary/aromatic N) is 2. The Labute approximate surface area is 115 Å². The highest BCUT2D eigenvalue weighted by atomic mass is 16.3. The number of nitriles is 1. The summed E-state index contributed by atoms with van der Waals surface area (Å²) in [5.41, 5.74) is 2.19. The maximum absolute atomic E-state index is 9.43. The zero-order valence-electron chi connectivity index (χ0n) is 12.2. The third kappa shape index (κ3) is 3.69. The molecule has 0 aromatic heterocycles. The van der Waals surface area contributed by atoms with Crippen molar-refractivity contribution in [1.29, 1.82) is 5.26 Å². The monoisotopic (exact) mass is 261 g/mol. The summed E-state index contributed by atoms with van der Waals surface area (Å²) in [5.74, 6) is 0. The Kier molecular flexibility index (Phi) is 5.34. The summed E-state index contributed by atoms with van der Waals surface area (Å²) in [5, 5.41) is 22.0. The molecule has 0 radical (unpaired) electrons. The molecule has 0 saturated carbocycles. The van der Waals surface area contributed by atoms with Crippen LogP contribution in [0.5, 0.6) is 0 Å². The van der Waals surface area contributed by atoms with E-state index in [-0.39, 0.29) is 6.61 Å². The van der Waals surface area contributed by atoms with Gasteiger partial charge in [0.2, 0.25) is 0 Å². The molecule has 0 aliphatic rings. The third-order valence-electron chi connectivity index (χ3n) is 3.42. The van der Waals surface area contributed by atoms with Crippen LogP contribution in [-0.2, 0) is 6.54 Å². The normalized spacial score (nSPS) is 11.2. The number of likely N-dealkylation sites (N-methyl/N-ethyl adjacent to an activating group) is 1. The maximum Gasteiger partial charge on any atom is 0.101 e. The first-order valence-corrected chi connectivity index (χ1v) is 6.54. The molecule has 0 bridgehead atoms. The van der Waals surface area contributed by atoms with Gasteiger partial charge in [-0.05, 0) is 38.1 Å². The highest BCUT2D eigenvalue weighted by Crippen LogP contribution is 2.26. The number of hydrogen-bond donors (Lipinski definition) is 2. The van der Waals surface area contributed by atoms with Gasteiger partial charge in [0.25, 0.3) is 0 Å². The molecule has 0 heterocycles. The average molecular weight is 261 g/mol. The first-order valence-electron chi connectivity index (χ1n) is 6.54. The summed E-state index contributed by atoms with van der Waals surface area (Å²) in [7, 11) is 1.90. The lowest BCUT2D eigenvalue weighted by atomic mass is 10.0. The quantitative estimate of drug-likeness (QED) is 0.821. The summed E-state index contributed by atoms with van der Waals surface area (Å²) in [4.78, 5) is 1.95. The fourth-order valence-corrected chi connectivity index (χ4v) is 1.78. The molecule has 1 aromatic carbocycles. The van der Waals surface area contributed by atoms with Crippen LogP contribution in [0.4, 0.5) is 5.69 Å². The van der Waals surface area contributed by atoms with Crippen molar-refractivity contribution >= 4 is 5.69 Å². The number of nitrogens with one attached hydrogen (secondary N) is 1. The van der Waals surface area contributed by atoms with Crippen molar-refractivity contribution in [3.8, 4) is 6.07 Å². The molecule has 4 heteroatoms. The molecular formula is C15H23N3O. The van der Waals surface area contributed by atoms with Crippen molar-refractivity contribution in [2.75, 3.05) is 25.1 Å². The zero-order valence-corrected chi connectivity index (χ0v) is 12.2. The Morgan fingerprint density at radius 3 is 2.63 bits per heavy atom. The minimum Gasteiger partial charge on any atom is -0.394 e. The predicted molar refractivity (Wildman–Crippen MR) is 78.1 cm³/mol. The molecule has 0 saturated heterocycles. The predicted octanol–water partition coefficient (Wildman–Crippen LogP) is 1.87. The molecule has 0 unspecified atom stereocenters. The minimum absolute atomic E-state index is 0.0352. The Balaban J connectivity index is 3.06. The van der Waals surface area contributed by atoms with E-state index in [1.165, 1.54) is 0 Å². The summed E-state index contributed by atoms with van der Waals surface area (Å²) in [6, 6.07) is 8.11. The van der Waals surface area contributed by atoms with Crippen LogP contribution < -0.4 is 10.2 Å². The molecule has 104 valence electrons. The third-order valence-corrected chi connectivity index (χ3v) is 3.42. The Hall–Kier alpha value is -1.57. The molecule has 0 spiro atoms. The van der Waals surface area contributed by atoms with E-state index < -0.39 is 5.54 Å². The van der Waals surface area contributed by atoms with Crippen LogP contribution in [0.25, 0.3) is 0 Å². The number of aliphatic hydroxyl groups excluding tert-OH is 1. The smallest absolute Gasteiger partial charge is 0.101 e. The summed E-state index contributed by atoms with van der Waals surface area (Å²) in [6.07, 6.45) is 0. The van der Waals surface area contributed by atoms with Crippen LogP contribution in [0.1, 0.15) is 31.9 Å². The lowest BCUT2D eigenvalue weighted by Gasteiger charge is -2.36. The molecular weight excluding hydrogens is 238 g/mol. The van der Waals surface area contributed by atoms with Crippen molar-refractivity contribution in [3.05, 3.63) is 29.3 Å². The Morgan fingerprint density at radius 2 is 2.11 bits per heavy atom. The van der Waals surface area contributed by atoms with Crippen molar-refractivity contribution in [2.24, 2.45) is 0 Å². The number of anilines is 1. The molecule has 0 atom stereocenters. The zero-order chi connectivity index (χ0) is 14.5. The molecule has 4 nitrogen and oxygen atoms in total. The SMILES string of the molecule is CCNCc1ccc(N(C)C(C)(C)CO)c(C#N)c1. The number of rotatable bonds is 6. The number of hydrogen-bond acceptors (Lipinski definition) is 4. The largest absolute Gasteiger partial charge is 0.394 e. The molecule has 0 aliphatic heterocycles. The first kappa shape index (κ1) is 15.5. The topological polar surface area (TPSA) is 59.3 Å². The van der Waals surface area contributed by atoms with Gasteiger partial charge in [0.1, 0.15) is 6.07 Å². The highest BCUT2D eigenvalue weighted by Gasteiger charge is 2.24. The van der Waals surface area contributed by atoms with Gasteiger partial charge >= 0.3 is 0 Å². The van der Waals surface area contributed by atoms with Crippen molar-refractivity contribution < 1.29 is 5.11 Å². The molecule has 1 rings (SSSR count). The van der Waals surface area contributed by atoms with Crippen LogP contribution in [0.2, 0.25) is 0 Å². The van der Waals surface area contributed by atoms with Crippen LogP contribution in [0.15, 0.2) is 18.2 Å². The second-order valence-corrected chi connectivity index (χ2v) is 5.27. The molecule has 0 aliphatic carbocycles. The van der Waals surface area contributed by atoms with Gasteiger partial charge in [0.05, 0.1) is 23.4 Å². The summed E-state index contributed by atoms with van der Waals surface area (Å²) < 4.78 is 0. The van der Waals surface area contributed by atoms with Gasteiger partial charge < -0.3 is 15.3 Å². The van der Waals surface area contributed by atoms with Crippen molar-refractivity contribution in [2.45, 2.75) is 32.9 Å². The first-order chi connectivity index (χ1) is 8.96. The van der Waals surface area contributed by atoms with Crippen LogP contribution >= 0.6 is 0 Å². The fourth-order valence-electron chi connectivity index (χ4n) is 1.78. The van der Waals surface area contributed by atoms with Gasteiger partial charge in [0, 0.05) is 13.6 Å². The number of benzene rings is 1. The molecule has 1 aromatic rings. The average Bonchev–Trinajstić information content (AvgIpc) is 2.43. The molecule has 0 amide bonds. The molecule has 19 heavy (non-hydrogen) atoms. The van der Waals surface area contributed by atoms with Gasteiger partial charge in [-0.1, -0.05) is 13.0 Å². The van der Waals surface area contributed by atoms with Gasteiger partial charge in [-0.2, -0.15) is 5.26 Å². The van der Waals surface area contributed by atoms with E-state index in [1.807, 2.05) is 44.0 Å². The standard InChI is InChI=1S/C15H23N3O/c1-5-17-10-12-6-7-14(13(8-12)9-16)18(4)15(2,3)11-19/h6-8,17,19H,5,10-11H2,1-4H3. The van der Waals surface area contributed by atoms with Crippen LogP contribution in [0, 0.1) is 11.3 Å². The fraction of sp³-hybridized carbons (Fsp3) is 0.533. The lowest BCUT2D eigenvalue weighted by molar-refractivity contribution is 0.216. The van der Waals surface area contributed by atoms with Gasteiger partial charge in [-0.15, -0.1) is 0 Å². The van der Waals surface area contributed by atoms with E-state index >= 15 is 0 Å². The summed E-state index contributed by atoms with van der Waals surface area (Å²) in [6.45, 7) is 7.64. The molecule has 0 fully saturated rings. The number of aliphatic hydroxyl groups is 1. The van der Waals surface area contributed by atoms with E-state index in [2.05, 4.69) is 18.3 Å². The van der Waals surface area contributed by atoms with E-state index in [0.717, 1.165) is 24.3 Å². The van der Waals surface area contributed by atoms with Crippen molar-refractivity contribution in [3.63, 3.8) is 0 Å². The van der Waals surface area contributed by atoms with E-state index in [0.29, 0.717) is 5.56 Å². The van der Waals surface area contributed by atoms with Crippen LogP contribution in [-0.4, -0.2) is 30.8 Å². The second kappa shape index (κ2) is 6.55. The highest BCUT2D eigenvalue weighted by molar-refractivity contribution is 5.61. The van der Waals surface area contributed by atoms with E-state index in [1.54, 1.807) is 0 Å². The summed E-state index contributed by atoms with van der Waals surface area (Å²) >= 11 is 0. The minimum atomic E-state index is -0.394. The van der Waals surface area contributed by atoms with Gasteiger partial charge in [-0.25, -0.2) is 0 Å². The van der Waals surface area contributed by atoms with Gasteiger partial charge in [-0.3, -0.25) is 0 Å². The van der Waals surface area contributed by atoms with Crippen LogP contribution in [0.3, 0.4) is 0 Å². The maximum atomic E-state index is 9.43. The van der Waals surface area contributed by atoms with Crippen molar-refractivity contribution in [1.82, 2.24) is 5.32 Å².